The molecule has 0 atom stereocenters. The lowest BCUT2D eigenvalue weighted by molar-refractivity contribution is 0.0645. The number of nitrogens with zero attached hydrogens (tertiary/aromatic N) is 4. The van der Waals surface area contributed by atoms with Gasteiger partial charge >= 0.3 is 0 Å². The predicted octanol–water partition coefficient (Wildman–Crippen LogP) is 2.59. The molecule has 5 nitrogen and oxygen atoms in total. The van der Waals surface area contributed by atoms with E-state index in [2.05, 4.69) is 23.2 Å². The van der Waals surface area contributed by atoms with Crippen LogP contribution < -0.4 is 0 Å². The summed E-state index contributed by atoms with van der Waals surface area (Å²) in [5.41, 5.74) is 2.10. The average molecular weight is 340 g/mol. The number of aromatic nitrogens is 2. The molecule has 0 aliphatic carbocycles. The first kappa shape index (κ1) is 17.7. The van der Waals surface area contributed by atoms with Gasteiger partial charge in [0.1, 0.15) is 0 Å². The van der Waals surface area contributed by atoms with Crippen molar-refractivity contribution in [3.8, 4) is 0 Å². The van der Waals surface area contributed by atoms with Crippen molar-refractivity contribution >= 4 is 5.91 Å². The van der Waals surface area contributed by atoms with Crippen LogP contribution in [0.15, 0.2) is 42.7 Å². The Kier molecular flexibility index (Phi) is 5.87. The third-order valence-electron chi connectivity index (χ3n) is 5.13. The number of likely N-dealkylation sites (tertiary alicyclic amines) is 1. The molecule has 0 N–H and O–H groups in total. The van der Waals surface area contributed by atoms with E-state index in [9.17, 15) is 4.79 Å². The molecule has 2 heterocycles. The summed E-state index contributed by atoms with van der Waals surface area (Å²) < 4.78 is 1.86. The van der Waals surface area contributed by atoms with Crippen LogP contribution in [0.4, 0.5) is 0 Å². The highest BCUT2D eigenvalue weighted by Gasteiger charge is 2.25. The fourth-order valence-electron chi connectivity index (χ4n) is 3.59. The molecular formula is C20H28N4O. The lowest BCUT2D eigenvalue weighted by Gasteiger charge is -2.36. The molecule has 25 heavy (non-hydrogen) atoms. The van der Waals surface area contributed by atoms with Crippen molar-refractivity contribution in [2.24, 2.45) is 7.05 Å². The predicted molar refractivity (Wildman–Crippen MR) is 99.5 cm³/mol. The Hall–Kier alpha value is -2.14. The first-order valence-corrected chi connectivity index (χ1v) is 9.15. The number of amides is 1. The van der Waals surface area contributed by atoms with Gasteiger partial charge in [0.25, 0.3) is 5.91 Å². The largest absolute Gasteiger partial charge is 0.339 e. The minimum atomic E-state index is 0.165. The molecule has 3 rings (SSSR count). The number of aryl methyl sites for hydroxylation is 2. The van der Waals surface area contributed by atoms with Crippen molar-refractivity contribution in [3.63, 3.8) is 0 Å². The Balaban J connectivity index is 1.41. The normalized spacial score (nSPS) is 15.7. The first-order valence-electron chi connectivity index (χ1n) is 9.15. The van der Waals surface area contributed by atoms with Crippen LogP contribution in [0, 0.1) is 0 Å². The molecule has 0 spiro atoms. The Morgan fingerprint density at radius 3 is 2.60 bits per heavy atom. The van der Waals surface area contributed by atoms with Crippen LogP contribution in [0.2, 0.25) is 0 Å². The van der Waals surface area contributed by atoms with Gasteiger partial charge in [-0.1, -0.05) is 18.2 Å². The van der Waals surface area contributed by atoms with Gasteiger partial charge in [-0.05, 0) is 57.0 Å². The van der Waals surface area contributed by atoms with Crippen molar-refractivity contribution in [2.75, 3.05) is 26.7 Å². The summed E-state index contributed by atoms with van der Waals surface area (Å²) in [7, 11) is 4.17. The van der Waals surface area contributed by atoms with E-state index < -0.39 is 0 Å². The molecule has 5 heteroatoms. The molecule has 1 aliphatic heterocycles. The van der Waals surface area contributed by atoms with Gasteiger partial charge in [-0.2, -0.15) is 5.10 Å². The van der Waals surface area contributed by atoms with Gasteiger partial charge in [-0.25, -0.2) is 0 Å². The van der Waals surface area contributed by atoms with Crippen LogP contribution in [-0.2, 0) is 13.5 Å². The molecule has 0 radical (unpaired) electrons. The number of hydrogen-bond donors (Lipinski definition) is 0. The Bertz CT molecular complexity index is 674. The van der Waals surface area contributed by atoms with Gasteiger partial charge in [-0.3, -0.25) is 9.48 Å². The fourth-order valence-corrected chi connectivity index (χ4v) is 3.59. The lowest BCUT2D eigenvalue weighted by Crippen LogP contribution is -2.45. The number of piperidine rings is 1. The third kappa shape index (κ3) is 4.69. The van der Waals surface area contributed by atoms with Crippen LogP contribution in [0.1, 0.15) is 35.2 Å². The smallest absolute Gasteiger partial charge is 0.253 e. The number of carbonyl (C=O) groups excluding carboxylic acids is 1. The molecule has 0 unspecified atom stereocenters. The molecule has 0 bridgehead atoms. The summed E-state index contributed by atoms with van der Waals surface area (Å²) in [6.07, 6.45) is 8.38. The molecule has 1 amide bonds. The number of carbonyl (C=O) groups is 1. The third-order valence-corrected chi connectivity index (χ3v) is 5.13. The molecule has 134 valence electrons. The molecule has 1 saturated heterocycles. The fraction of sp³-hybridized carbons (Fsp3) is 0.500. The zero-order chi connectivity index (χ0) is 17.6. The van der Waals surface area contributed by atoms with Gasteiger partial charge < -0.3 is 9.80 Å². The Morgan fingerprint density at radius 1 is 1.24 bits per heavy atom. The molecule has 1 aliphatic rings. The van der Waals surface area contributed by atoms with Crippen molar-refractivity contribution in [3.05, 3.63) is 53.9 Å². The summed E-state index contributed by atoms with van der Waals surface area (Å²) in [5, 5.41) is 4.22. The number of hydrogen-bond acceptors (Lipinski definition) is 3. The van der Waals surface area contributed by atoms with E-state index in [4.69, 9.17) is 0 Å². The zero-order valence-corrected chi connectivity index (χ0v) is 15.3. The van der Waals surface area contributed by atoms with E-state index in [1.807, 2.05) is 53.2 Å². The molecule has 0 saturated carbocycles. The summed E-state index contributed by atoms with van der Waals surface area (Å²) in [4.78, 5) is 17.0. The summed E-state index contributed by atoms with van der Waals surface area (Å²) in [6.45, 7) is 2.79. The van der Waals surface area contributed by atoms with Gasteiger partial charge in [0.15, 0.2) is 0 Å². The Labute approximate surface area is 150 Å². The number of benzene rings is 1. The second-order valence-corrected chi connectivity index (χ2v) is 7.00. The minimum Gasteiger partial charge on any atom is -0.339 e. The first-order chi connectivity index (χ1) is 12.1. The summed E-state index contributed by atoms with van der Waals surface area (Å²) in [5.74, 6) is 0.165. The summed E-state index contributed by atoms with van der Waals surface area (Å²) >= 11 is 0. The zero-order valence-electron chi connectivity index (χ0n) is 15.3. The van der Waals surface area contributed by atoms with E-state index in [-0.39, 0.29) is 5.91 Å². The highest BCUT2D eigenvalue weighted by molar-refractivity contribution is 5.94. The lowest BCUT2D eigenvalue weighted by atomic mass is 10.0. The van der Waals surface area contributed by atoms with Crippen LogP contribution in [-0.4, -0.2) is 58.2 Å². The maximum Gasteiger partial charge on any atom is 0.253 e. The second kappa shape index (κ2) is 8.30. The van der Waals surface area contributed by atoms with Crippen LogP contribution in [0.5, 0.6) is 0 Å². The maximum atomic E-state index is 12.5. The van der Waals surface area contributed by atoms with E-state index >= 15 is 0 Å². The monoisotopic (exact) mass is 340 g/mol. The second-order valence-electron chi connectivity index (χ2n) is 7.00. The van der Waals surface area contributed by atoms with Crippen molar-refractivity contribution in [2.45, 2.75) is 31.7 Å². The van der Waals surface area contributed by atoms with Gasteiger partial charge in [-0.15, -0.1) is 0 Å². The van der Waals surface area contributed by atoms with Crippen molar-refractivity contribution in [1.82, 2.24) is 19.6 Å². The Morgan fingerprint density at radius 2 is 1.96 bits per heavy atom. The van der Waals surface area contributed by atoms with E-state index in [1.54, 1.807) is 0 Å². The SMILES string of the molecule is CN(CCCc1cnn(C)c1)C1CCN(C(=O)c2ccccc2)CC1. The van der Waals surface area contributed by atoms with Crippen LogP contribution >= 0.6 is 0 Å². The number of rotatable bonds is 6. The molecule has 1 fully saturated rings. The maximum absolute atomic E-state index is 12.5. The van der Waals surface area contributed by atoms with Crippen molar-refractivity contribution < 1.29 is 4.79 Å². The molecular weight excluding hydrogens is 312 g/mol. The minimum absolute atomic E-state index is 0.165. The van der Waals surface area contributed by atoms with Gasteiger partial charge in [0, 0.05) is 37.9 Å². The quantitative estimate of drug-likeness (QED) is 0.812. The summed E-state index contributed by atoms with van der Waals surface area (Å²) in [6, 6.07) is 10.2. The van der Waals surface area contributed by atoms with Crippen LogP contribution in [0.3, 0.4) is 0 Å². The van der Waals surface area contributed by atoms with Crippen molar-refractivity contribution in [1.29, 1.82) is 0 Å². The molecule has 2 aromatic rings. The van der Waals surface area contributed by atoms with E-state index in [0.717, 1.165) is 50.9 Å². The van der Waals surface area contributed by atoms with Gasteiger partial charge in [0.2, 0.25) is 0 Å². The topological polar surface area (TPSA) is 41.4 Å². The van der Waals surface area contributed by atoms with Gasteiger partial charge in [0.05, 0.1) is 6.20 Å². The highest BCUT2D eigenvalue weighted by atomic mass is 16.2. The standard InChI is InChI=1S/C20H28N4O/c1-22(12-6-7-17-15-21-23(2)16-17)19-10-13-24(14-11-19)20(25)18-8-4-3-5-9-18/h3-5,8-9,15-16,19H,6-7,10-14H2,1-2H3. The molecule has 1 aromatic heterocycles. The highest BCUT2D eigenvalue weighted by Crippen LogP contribution is 2.18. The average Bonchev–Trinajstić information content (AvgIpc) is 3.07. The van der Waals surface area contributed by atoms with E-state index in [0.29, 0.717) is 6.04 Å². The van der Waals surface area contributed by atoms with Crippen LogP contribution in [0.25, 0.3) is 0 Å². The molecule has 1 aromatic carbocycles. The van der Waals surface area contributed by atoms with E-state index in [1.165, 1.54) is 5.56 Å².